The van der Waals surface area contributed by atoms with Crippen LogP contribution in [-0.4, -0.2) is 18.1 Å². The number of aromatic nitrogens is 1. The Morgan fingerprint density at radius 3 is 2.84 bits per heavy atom. The minimum atomic E-state index is 0.286. The molecule has 0 fully saturated rings. The third-order valence-corrected chi connectivity index (χ3v) is 3.79. The van der Waals surface area contributed by atoms with Gasteiger partial charge >= 0.3 is 0 Å². The van der Waals surface area contributed by atoms with Crippen LogP contribution >= 0.6 is 11.3 Å². The van der Waals surface area contributed by atoms with Gasteiger partial charge < -0.3 is 10.1 Å². The number of nitrogens with zero attached hydrogens (tertiary/aromatic N) is 1. The maximum absolute atomic E-state index is 5.66. The number of rotatable bonds is 6. The van der Waals surface area contributed by atoms with Gasteiger partial charge in [-0.25, -0.2) is 4.98 Å². The van der Waals surface area contributed by atoms with Crippen molar-refractivity contribution < 1.29 is 4.74 Å². The molecule has 1 aromatic carbocycles. The summed E-state index contributed by atoms with van der Waals surface area (Å²) >= 11 is 1.67. The van der Waals surface area contributed by atoms with Gasteiger partial charge in [0.05, 0.1) is 17.9 Å². The summed E-state index contributed by atoms with van der Waals surface area (Å²) in [7, 11) is 0. The van der Waals surface area contributed by atoms with Gasteiger partial charge in [-0.3, -0.25) is 0 Å². The summed E-state index contributed by atoms with van der Waals surface area (Å²) < 4.78 is 5.66. The molecule has 0 aliphatic carbocycles. The molecule has 4 heteroatoms. The molecule has 0 spiro atoms. The fourth-order valence-electron chi connectivity index (χ4n) is 1.94. The zero-order valence-corrected chi connectivity index (χ0v) is 12.5. The Balaban J connectivity index is 2.27. The monoisotopic (exact) mass is 276 g/mol. The highest BCUT2D eigenvalue weighted by Gasteiger charge is 2.13. The summed E-state index contributed by atoms with van der Waals surface area (Å²) in [6, 6.07) is 8.35. The molecule has 1 aromatic heterocycles. The lowest BCUT2D eigenvalue weighted by atomic mass is 10.2. The molecule has 2 aromatic rings. The third-order valence-electron chi connectivity index (χ3n) is 2.89. The molecule has 2 rings (SSSR count). The summed E-state index contributed by atoms with van der Waals surface area (Å²) in [5.41, 5.74) is 2.16. The van der Waals surface area contributed by atoms with Crippen LogP contribution in [0, 0.1) is 0 Å². The molecule has 0 saturated carbocycles. The van der Waals surface area contributed by atoms with Crippen molar-refractivity contribution in [1.29, 1.82) is 0 Å². The van der Waals surface area contributed by atoms with Gasteiger partial charge in [0.25, 0.3) is 0 Å². The summed E-state index contributed by atoms with van der Waals surface area (Å²) in [4.78, 5) is 4.72. The van der Waals surface area contributed by atoms with E-state index in [1.807, 2.05) is 25.1 Å². The third kappa shape index (κ3) is 3.33. The Morgan fingerprint density at radius 2 is 2.11 bits per heavy atom. The van der Waals surface area contributed by atoms with Gasteiger partial charge in [0.15, 0.2) is 0 Å². The molecule has 0 radical (unpaired) electrons. The Hall–Kier alpha value is -1.39. The maximum Gasteiger partial charge on any atom is 0.129 e. The second-order valence-corrected chi connectivity index (χ2v) is 5.14. The van der Waals surface area contributed by atoms with Crippen molar-refractivity contribution in [2.24, 2.45) is 0 Å². The van der Waals surface area contributed by atoms with Crippen LogP contribution in [0.4, 0.5) is 0 Å². The number of thiazole rings is 1. The fourth-order valence-corrected chi connectivity index (χ4v) is 2.89. The molecular weight excluding hydrogens is 256 g/mol. The van der Waals surface area contributed by atoms with Gasteiger partial charge in [0, 0.05) is 11.4 Å². The summed E-state index contributed by atoms with van der Waals surface area (Å²) in [5, 5.41) is 6.51. The van der Waals surface area contributed by atoms with Gasteiger partial charge in [0.2, 0.25) is 0 Å². The predicted octanol–water partition coefficient (Wildman–Crippen LogP) is 3.88. The molecule has 3 nitrogen and oxygen atoms in total. The van der Waals surface area contributed by atoms with Crippen molar-refractivity contribution in [2.75, 3.05) is 13.2 Å². The zero-order valence-electron chi connectivity index (χ0n) is 11.6. The van der Waals surface area contributed by atoms with E-state index in [1.54, 1.807) is 11.3 Å². The summed E-state index contributed by atoms with van der Waals surface area (Å²) in [5.74, 6) is 0.905. The van der Waals surface area contributed by atoms with Gasteiger partial charge in [-0.15, -0.1) is 11.3 Å². The molecule has 102 valence electrons. The van der Waals surface area contributed by atoms with Crippen LogP contribution in [0.2, 0.25) is 0 Å². The lowest BCUT2D eigenvalue weighted by Crippen LogP contribution is -2.17. The average molecular weight is 276 g/mol. The van der Waals surface area contributed by atoms with Crippen molar-refractivity contribution in [3.05, 3.63) is 35.3 Å². The van der Waals surface area contributed by atoms with Crippen molar-refractivity contribution in [1.82, 2.24) is 10.3 Å². The van der Waals surface area contributed by atoms with E-state index in [9.17, 15) is 0 Å². The van der Waals surface area contributed by atoms with Gasteiger partial charge in [-0.2, -0.15) is 0 Å². The summed E-state index contributed by atoms with van der Waals surface area (Å²) in [6.07, 6.45) is 0. The summed E-state index contributed by atoms with van der Waals surface area (Å²) in [6.45, 7) is 7.86. The molecule has 0 aliphatic heterocycles. The number of hydrogen-bond acceptors (Lipinski definition) is 4. The Kier molecular flexibility index (Phi) is 4.93. The van der Waals surface area contributed by atoms with Crippen molar-refractivity contribution in [3.63, 3.8) is 0 Å². The van der Waals surface area contributed by atoms with Crippen LogP contribution < -0.4 is 10.1 Å². The van der Waals surface area contributed by atoms with Crippen LogP contribution in [0.3, 0.4) is 0 Å². The van der Waals surface area contributed by atoms with E-state index in [1.165, 1.54) is 0 Å². The molecule has 0 amide bonds. The van der Waals surface area contributed by atoms with Crippen molar-refractivity contribution >= 4 is 11.3 Å². The lowest BCUT2D eigenvalue weighted by Gasteiger charge is -2.09. The highest BCUT2D eigenvalue weighted by atomic mass is 32.1. The fraction of sp³-hybridized carbons (Fsp3) is 0.400. The first-order valence-corrected chi connectivity index (χ1v) is 7.55. The molecule has 1 unspecified atom stereocenters. The van der Waals surface area contributed by atoms with Crippen LogP contribution in [0.25, 0.3) is 10.6 Å². The SMILES string of the molecule is CCNC(C)c1csc(-c2ccccc2OCC)n1. The molecule has 19 heavy (non-hydrogen) atoms. The predicted molar refractivity (Wildman–Crippen MR) is 80.8 cm³/mol. The first kappa shape index (κ1) is 14.0. The Labute approximate surface area is 118 Å². The Bertz CT molecular complexity index is 524. The van der Waals surface area contributed by atoms with E-state index in [0.717, 1.165) is 28.6 Å². The van der Waals surface area contributed by atoms with E-state index in [-0.39, 0.29) is 6.04 Å². The van der Waals surface area contributed by atoms with Crippen LogP contribution in [0.5, 0.6) is 5.75 Å². The number of hydrogen-bond donors (Lipinski definition) is 1. The number of ether oxygens (including phenoxy) is 1. The molecule has 1 heterocycles. The molecule has 0 aliphatic rings. The largest absolute Gasteiger partial charge is 0.493 e. The standard InChI is InChI=1S/C15H20N2OS/c1-4-16-11(3)13-10-19-15(17-13)12-8-6-7-9-14(12)18-5-2/h6-11,16H,4-5H2,1-3H3. The topological polar surface area (TPSA) is 34.1 Å². The van der Waals surface area contributed by atoms with Crippen LogP contribution in [0.1, 0.15) is 32.5 Å². The quantitative estimate of drug-likeness (QED) is 0.869. The van der Waals surface area contributed by atoms with Crippen molar-refractivity contribution in [2.45, 2.75) is 26.8 Å². The van der Waals surface area contributed by atoms with E-state index in [2.05, 4.69) is 30.6 Å². The minimum absolute atomic E-state index is 0.286. The smallest absolute Gasteiger partial charge is 0.129 e. The van der Waals surface area contributed by atoms with Gasteiger partial charge in [-0.1, -0.05) is 19.1 Å². The van der Waals surface area contributed by atoms with E-state index in [4.69, 9.17) is 9.72 Å². The highest BCUT2D eigenvalue weighted by molar-refractivity contribution is 7.13. The molecule has 0 bridgehead atoms. The molecule has 1 N–H and O–H groups in total. The number of nitrogens with one attached hydrogen (secondary N) is 1. The maximum atomic E-state index is 5.66. The second kappa shape index (κ2) is 6.68. The molecule has 1 atom stereocenters. The van der Waals surface area contributed by atoms with Crippen LogP contribution in [0.15, 0.2) is 29.6 Å². The minimum Gasteiger partial charge on any atom is -0.493 e. The number of benzene rings is 1. The average Bonchev–Trinajstić information content (AvgIpc) is 2.90. The van der Waals surface area contributed by atoms with Gasteiger partial charge in [-0.05, 0) is 32.5 Å². The van der Waals surface area contributed by atoms with Crippen molar-refractivity contribution in [3.8, 4) is 16.3 Å². The van der Waals surface area contributed by atoms with Gasteiger partial charge in [0.1, 0.15) is 10.8 Å². The first-order valence-electron chi connectivity index (χ1n) is 6.67. The van der Waals surface area contributed by atoms with E-state index >= 15 is 0 Å². The molecular formula is C15H20N2OS. The van der Waals surface area contributed by atoms with E-state index in [0.29, 0.717) is 6.61 Å². The van der Waals surface area contributed by atoms with E-state index < -0.39 is 0 Å². The highest BCUT2D eigenvalue weighted by Crippen LogP contribution is 2.33. The zero-order chi connectivity index (χ0) is 13.7. The second-order valence-electron chi connectivity index (χ2n) is 4.29. The lowest BCUT2D eigenvalue weighted by molar-refractivity contribution is 0.341. The number of para-hydroxylation sites is 1. The molecule has 0 saturated heterocycles. The normalized spacial score (nSPS) is 12.4. The Morgan fingerprint density at radius 1 is 1.32 bits per heavy atom. The first-order chi connectivity index (χ1) is 9.26. The van der Waals surface area contributed by atoms with Crippen LogP contribution in [-0.2, 0) is 0 Å².